The number of aromatic nitrogens is 2. The first kappa shape index (κ1) is 28.7. The van der Waals surface area contributed by atoms with Crippen molar-refractivity contribution in [2.45, 2.75) is 69.4 Å². The van der Waals surface area contributed by atoms with Crippen LogP contribution < -0.4 is 9.47 Å². The van der Waals surface area contributed by atoms with Crippen molar-refractivity contribution in [3.8, 4) is 11.5 Å². The van der Waals surface area contributed by atoms with Gasteiger partial charge in [-0.15, -0.1) is 0 Å². The molecule has 0 radical (unpaired) electrons. The summed E-state index contributed by atoms with van der Waals surface area (Å²) in [5.74, 6) is -0.296. The van der Waals surface area contributed by atoms with E-state index < -0.39 is 17.6 Å². The number of methoxy groups -OCH3 is 1. The highest BCUT2D eigenvalue weighted by molar-refractivity contribution is 6.30. The van der Waals surface area contributed by atoms with Gasteiger partial charge in [0.15, 0.2) is 11.5 Å². The molecule has 0 bridgehead atoms. The van der Waals surface area contributed by atoms with Crippen LogP contribution in [-0.4, -0.2) is 51.3 Å². The number of aliphatic carboxylic acids is 1. The van der Waals surface area contributed by atoms with Crippen molar-refractivity contribution in [1.82, 2.24) is 14.5 Å². The number of carbonyl (C=O) groups is 1. The standard InChI is InChI=1S/C32H35ClFN3O5/c1-31(25-9-7-22(33)17-26(25)34)41-27-6-3-5-24(30(27)42-31)21-11-15-36(16-12-21)19-28-35-18-23(8-10-29(38)39)37(28)20-32(40-2)13-4-14-32/h3,5-10,17-18,21H,4,11-16,19-20H2,1-2H3,(H,38,39)/b10-8+. The quantitative estimate of drug-likeness (QED) is 0.288. The van der Waals surface area contributed by atoms with E-state index >= 15 is 0 Å². The first-order chi connectivity index (χ1) is 20.2. The smallest absolute Gasteiger partial charge is 0.328 e. The molecule has 8 nitrogen and oxygen atoms in total. The highest BCUT2D eigenvalue weighted by Crippen LogP contribution is 2.50. The molecule has 0 amide bonds. The molecule has 10 heteroatoms. The highest BCUT2D eigenvalue weighted by Gasteiger charge is 2.43. The molecule has 3 heterocycles. The maximum Gasteiger partial charge on any atom is 0.328 e. The van der Waals surface area contributed by atoms with Crippen molar-refractivity contribution in [3.05, 3.63) is 82.2 Å². The largest absolute Gasteiger partial charge is 0.478 e. The van der Waals surface area contributed by atoms with Crippen LogP contribution in [0.15, 0.2) is 48.7 Å². The Bertz CT molecular complexity index is 1510. The molecule has 1 saturated heterocycles. The van der Waals surface area contributed by atoms with Crippen LogP contribution in [0, 0.1) is 5.82 Å². The van der Waals surface area contributed by atoms with Crippen LogP contribution in [0.3, 0.4) is 0 Å². The van der Waals surface area contributed by atoms with E-state index in [0.29, 0.717) is 35.2 Å². The summed E-state index contributed by atoms with van der Waals surface area (Å²) in [5, 5.41) is 9.49. The maximum absolute atomic E-state index is 14.8. The number of benzene rings is 2. The Morgan fingerprint density at radius 1 is 1.24 bits per heavy atom. The zero-order chi connectivity index (χ0) is 29.5. The van der Waals surface area contributed by atoms with Gasteiger partial charge in [0.1, 0.15) is 11.6 Å². The van der Waals surface area contributed by atoms with Crippen LogP contribution >= 0.6 is 11.6 Å². The SMILES string of the molecule is COC1(Cn2c(/C=C/C(=O)O)cnc2CN2CCC(c3cccc4c3OC(C)(c3ccc(Cl)cc3F)O4)CC2)CCC1. The molecular formula is C32H35ClFN3O5. The molecule has 2 aromatic carbocycles. The first-order valence-electron chi connectivity index (χ1n) is 14.4. The number of likely N-dealkylation sites (tertiary alicyclic amines) is 1. The Labute approximate surface area is 249 Å². The normalized spacial score (nSPS) is 22.0. The second kappa shape index (κ2) is 11.4. The van der Waals surface area contributed by atoms with Gasteiger partial charge in [-0.3, -0.25) is 4.90 Å². The van der Waals surface area contributed by atoms with Gasteiger partial charge in [0.2, 0.25) is 0 Å². The van der Waals surface area contributed by atoms with E-state index in [4.69, 9.17) is 35.9 Å². The number of halogens is 2. The molecular weight excluding hydrogens is 561 g/mol. The van der Waals surface area contributed by atoms with Gasteiger partial charge < -0.3 is 23.9 Å². The summed E-state index contributed by atoms with van der Waals surface area (Å²) in [6.07, 6.45) is 9.41. The van der Waals surface area contributed by atoms with E-state index in [2.05, 4.69) is 15.5 Å². The molecule has 1 saturated carbocycles. The molecule has 0 spiro atoms. The molecule has 1 aliphatic carbocycles. The van der Waals surface area contributed by atoms with Gasteiger partial charge in [-0.25, -0.2) is 14.2 Å². The molecule has 2 fully saturated rings. The Hall–Kier alpha value is -3.40. The van der Waals surface area contributed by atoms with Crippen LogP contribution in [0.4, 0.5) is 4.39 Å². The third kappa shape index (κ3) is 5.53. The van der Waals surface area contributed by atoms with E-state index in [1.807, 2.05) is 12.1 Å². The highest BCUT2D eigenvalue weighted by atomic mass is 35.5. The zero-order valence-electron chi connectivity index (χ0n) is 23.8. The number of rotatable bonds is 9. The summed E-state index contributed by atoms with van der Waals surface area (Å²) in [6, 6.07) is 10.4. The lowest BCUT2D eigenvalue weighted by molar-refractivity contribution is -0.131. The van der Waals surface area contributed by atoms with Crippen LogP contribution in [0.2, 0.25) is 5.02 Å². The number of hydrogen-bond donors (Lipinski definition) is 1. The lowest BCUT2D eigenvalue weighted by atomic mass is 9.80. The number of imidazole rings is 1. The lowest BCUT2D eigenvalue weighted by Gasteiger charge is -2.41. The number of para-hydroxylation sites is 1. The number of fused-ring (bicyclic) bond motifs is 1. The van der Waals surface area contributed by atoms with Gasteiger partial charge in [0, 0.05) is 30.7 Å². The summed E-state index contributed by atoms with van der Waals surface area (Å²) < 4.78 is 35.3. The predicted molar refractivity (Wildman–Crippen MR) is 156 cm³/mol. The molecule has 1 aromatic heterocycles. The van der Waals surface area contributed by atoms with Crippen LogP contribution in [0.25, 0.3) is 6.08 Å². The molecule has 2 aliphatic heterocycles. The minimum absolute atomic E-state index is 0.229. The Kier molecular flexibility index (Phi) is 7.76. The van der Waals surface area contributed by atoms with E-state index in [0.717, 1.165) is 68.4 Å². The molecule has 6 rings (SSSR count). The number of ether oxygens (including phenoxy) is 3. The van der Waals surface area contributed by atoms with Crippen LogP contribution in [0.1, 0.15) is 67.6 Å². The monoisotopic (exact) mass is 595 g/mol. The second-order valence-electron chi connectivity index (χ2n) is 11.6. The fourth-order valence-corrected chi connectivity index (χ4v) is 6.51. The van der Waals surface area contributed by atoms with Gasteiger partial charge in [-0.2, -0.15) is 0 Å². The topological polar surface area (TPSA) is 86.0 Å². The average Bonchev–Trinajstić information content (AvgIpc) is 3.49. The van der Waals surface area contributed by atoms with E-state index in [1.165, 1.54) is 6.07 Å². The van der Waals surface area contributed by atoms with Crippen LogP contribution in [-0.2, 0) is 28.4 Å². The third-order valence-electron chi connectivity index (χ3n) is 8.93. The molecule has 3 aromatic rings. The van der Waals surface area contributed by atoms with Crippen molar-refractivity contribution < 1.29 is 28.5 Å². The maximum atomic E-state index is 14.8. The average molecular weight is 596 g/mol. The van der Waals surface area contributed by atoms with Crippen molar-refractivity contribution in [2.24, 2.45) is 0 Å². The second-order valence-corrected chi connectivity index (χ2v) is 12.0. The molecule has 3 aliphatic rings. The number of carboxylic acid groups (broad SMARTS) is 1. The molecule has 222 valence electrons. The summed E-state index contributed by atoms with van der Waals surface area (Å²) in [7, 11) is 1.75. The predicted octanol–water partition coefficient (Wildman–Crippen LogP) is 6.37. The number of hydrogen-bond acceptors (Lipinski definition) is 6. The number of piperidine rings is 1. The van der Waals surface area contributed by atoms with E-state index in [-0.39, 0.29) is 11.5 Å². The summed E-state index contributed by atoms with van der Waals surface area (Å²) in [5.41, 5.74) is 1.91. The molecule has 1 N–H and O–H groups in total. The Morgan fingerprint density at radius 3 is 2.69 bits per heavy atom. The molecule has 1 atom stereocenters. The Morgan fingerprint density at radius 2 is 2.02 bits per heavy atom. The van der Waals surface area contributed by atoms with E-state index in [1.54, 1.807) is 38.4 Å². The molecule has 42 heavy (non-hydrogen) atoms. The summed E-state index contributed by atoms with van der Waals surface area (Å²) in [4.78, 5) is 18.3. The van der Waals surface area contributed by atoms with Crippen molar-refractivity contribution in [3.63, 3.8) is 0 Å². The third-order valence-corrected chi connectivity index (χ3v) is 9.17. The zero-order valence-corrected chi connectivity index (χ0v) is 24.6. The van der Waals surface area contributed by atoms with Crippen molar-refractivity contribution in [1.29, 1.82) is 0 Å². The van der Waals surface area contributed by atoms with E-state index in [9.17, 15) is 9.18 Å². The summed E-state index contributed by atoms with van der Waals surface area (Å²) in [6.45, 7) is 4.76. The summed E-state index contributed by atoms with van der Waals surface area (Å²) >= 11 is 5.97. The fourth-order valence-electron chi connectivity index (χ4n) is 6.35. The van der Waals surface area contributed by atoms with Gasteiger partial charge >= 0.3 is 5.97 Å². The minimum atomic E-state index is -1.28. The number of carboxylic acids is 1. The number of nitrogens with zero attached hydrogens (tertiary/aromatic N) is 3. The first-order valence-corrected chi connectivity index (χ1v) is 14.8. The van der Waals surface area contributed by atoms with Gasteiger partial charge in [-0.1, -0.05) is 23.7 Å². The van der Waals surface area contributed by atoms with Crippen molar-refractivity contribution in [2.75, 3.05) is 20.2 Å². The minimum Gasteiger partial charge on any atom is -0.478 e. The Balaban J connectivity index is 1.16. The van der Waals surface area contributed by atoms with Gasteiger partial charge in [0.25, 0.3) is 5.79 Å². The van der Waals surface area contributed by atoms with Gasteiger partial charge in [0.05, 0.1) is 36.1 Å². The fraction of sp³-hybridized carbons (Fsp3) is 0.438. The lowest BCUT2D eigenvalue weighted by Crippen LogP contribution is -2.44. The van der Waals surface area contributed by atoms with Crippen LogP contribution in [0.5, 0.6) is 11.5 Å². The van der Waals surface area contributed by atoms with Gasteiger partial charge in [-0.05, 0) is 81.5 Å². The molecule has 1 unspecified atom stereocenters. The van der Waals surface area contributed by atoms with Crippen molar-refractivity contribution >= 4 is 23.6 Å².